The van der Waals surface area contributed by atoms with Crippen LogP contribution < -0.4 is 14.9 Å². The second-order valence-corrected chi connectivity index (χ2v) is 5.18. The Kier molecular flexibility index (Phi) is 3.80. The third-order valence-electron chi connectivity index (χ3n) is 3.64. The van der Waals surface area contributed by atoms with Crippen LogP contribution in [0.25, 0.3) is 22.3 Å². The predicted molar refractivity (Wildman–Crippen MR) is 87.7 cm³/mol. The van der Waals surface area contributed by atoms with Crippen LogP contribution in [0.5, 0.6) is 34.5 Å². The maximum Gasteiger partial charge on any atom is 0.239 e. The highest BCUT2D eigenvalue weighted by atomic mass is 16.5. The van der Waals surface area contributed by atoms with E-state index in [0.29, 0.717) is 0 Å². The monoisotopic (exact) mass is 346 g/mol. The molecule has 8 nitrogen and oxygen atoms in total. The normalized spacial score (nSPS) is 10.8. The van der Waals surface area contributed by atoms with E-state index in [9.17, 15) is 25.2 Å². The molecule has 0 aliphatic heterocycles. The van der Waals surface area contributed by atoms with E-state index in [1.54, 1.807) is 0 Å². The lowest BCUT2D eigenvalue weighted by Gasteiger charge is -2.12. The lowest BCUT2D eigenvalue weighted by Crippen LogP contribution is -2.07. The van der Waals surface area contributed by atoms with Gasteiger partial charge in [0.1, 0.15) is 22.5 Å². The molecule has 1 heterocycles. The van der Waals surface area contributed by atoms with Crippen molar-refractivity contribution in [2.24, 2.45) is 0 Å². The Morgan fingerprint density at radius 2 is 1.44 bits per heavy atom. The fourth-order valence-corrected chi connectivity index (χ4v) is 2.58. The Bertz CT molecular complexity index is 1010. The van der Waals surface area contributed by atoms with Gasteiger partial charge in [-0.25, -0.2) is 0 Å². The fourth-order valence-electron chi connectivity index (χ4n) is 2.58. The Morgan fingerprint density at radius 3 is 2.00 bits per heavy atom. The number of phenolic OH excluding ortho intramolecular Hbond substituents is 4. The van der Waals surface area contributed by atoms with Crippen LogP contribution in [0.15, 0.2) is 33.5 Å². The number of hydrogen-bond acceptors (Lipinski definition) is 8. The van der Waals surface area contributed by atoms with E-state index in [-0.39, 0.29) is 51.0 Å². The molecule has 8 heteroatoms. The lowest BCUT2D eigenvalue weighted by molar-refractivity contribution is 0.344. The van der Waals surface area contributed by atoms with Crippen molar-refractivity contribution in [3.8, 4) is 45.8 Å². The molecule has 2 aromatic carbocycles. The van der Waals surface area contributed by atoms with Crippen molar-refractivity contribution in [3.63, 3.8) is 0 Å². The second-order valence-electron chi connectivity index (χ2n) is 5.18. The molecule has 1 aromatic heterocycles. The molecule has 0 amide bonds. The highest BCUT2D eigenvalue weighted by molar-refractivity contribution is 5.88. The summed E-state index contributed by atoms with van der Waals surface area (Å²) in [6, 6.07) is 4.59. The first-order valence-corrected chi connectivity index (χ1v) is 7.04. The number of phenols is 4. The molecule has 0 aliphatic carbocycles. The van der Waals surface area contributed by atoms with Crippen molar-refractivity contribution in [1.29, 1.82) is 0 Å². The van der Waals surface area contributed by atoms with Crippen molar-refractivity contribution >= 4 is 11.0 Å². The molecular formula is C17H14O8. The van der Waals surface area contributed by atoms with Gasteiger partial charge in [0.05, 0.1) is 14.2 Å². The van der Waals surface area contributed by atoms with Crippen LogP contribution in [0.4, 0.5) is 0 Å². The summed E-state index contributed by atoms with van der Waals surface area (Å²) in [4.78, 5) is 12.6. The molecule has 0 fully saturated rings. The summed E-state index contributed by atoms with van der Waals surface area (Å²) >= 11 is 0. The van der Waals surface area contributed by atoms with Gasteiger partial charge in [-0.2, -0.15) is 0 Å². The quantitative estimate of drug-likeness (QED) is 0.568. The standard InChI is InChI=1S/C17H14O8/c1-23-16-10(20)3-7(4-11(16)21)15-17(24-2)14(22)13-9(19)5-8(18)6-12(13)25-15/h3-6,18-21H,1-2H3. The van der Waals surface area contributed by atoms with E-state index < -0.39 is 11.2 Å². The first kappa shape index (κ1) is 16.3. The number of fused-ring (bicyclic) bond motifs is 1. The van der Waals surface area contributed by atoms with Gasteiger partial charge in [-0.15, -0.1) is 0 Å². The summed E-state index contributed by atoms with van der Waals surface area (Å²) in [5.41, 5.74) is -0.631. The van der Waals surface area contributed by atoms with Crippen LogP contribution in [0.3, 0.4) is 0 Å². The molecule has 0 saturated heterocycles. The zero-order valence-electron chi connectivity index (χ0n) is 13.2. The minimum Gasteiger partial charge on any atom is -0.508 e. The van der Waals surface area contributed by atoms with Gasteiger partial charge in [-0.3, -0.25) is 4.79 Å². The average Bonchev–Trinajstić information content (AvgIpc) is 2.53. The Hall–Kier alpha value is -3.55. The lowest BCUT2D eigenvalue weighted by atomic mass is 10.1. The van der Waals surface area contributed by atoms with Crippen LogP contribution in [-0.2, 0) is 0 Å². The third kappa shape index (κ3) is 2.53. The van der Waals surface area contributed by atoms with Gasteiger partial charge in [0.15, 0.2) is 17.3 Å². The minimum atomic E-state index is -0.675. The van der Waals surface area contributed by atoms with E-state index in [4.69, 9.17) is 13.9 Å². The van der Waals surface area contributed by atoms with Gasteiger partial charge in [0.25, 0.3) is 0 Å². The molecule has 130 valence electrons. The van der Waals surface area contributed by atoms with Crippen molar-refractivity contribution in [1.82, 2.24) is 0 Å². The molecular weight excluding hydrogens is 332 g/mol. The zero-order valence-corrected chi connectivity index (χ0v) is 13.2. The highest BCUT2D eigenvalue weighted by Crippen LogP contribution is 2.42. The molecule has 0 spiro atoms. The third-order valence-corrected chi connectivity index (χ3v) is 3.64. The van der Waals surface area contributed by atoms with Crippen molar-refractivity contribution in [2.75, 3.05) is 14.2 Å². The first-order chi connectivity index (χ1) is 11.9. The molecule has 25 heavy (non-hydrogen) atoms. The van der Waals surface area contributed by atoms with Crippen molar-refractivity contribution < 1.29 is 34.3 Å². The number of aromatic hydroxyl groups is 4. The zero-order chi connectivity index (χ0) is 18.3. The largest absolute Gasteiger partial charge is 0.508 e. The summed E-state index contributed by atoms with van der Waals surface area (Å²) in [5.74, 6) is -1.99. The fraction of sp³-hybridized carbons (Fsp3) is 0.118. The summed E-state index contributed by atoms with van der Waals surface area (Å²) < 4.78 is 15.5. The van der Waals surface area contributed by atoms with Crippen LogP contribution in [0, 0.1) is 0 Å². The van der Waals surface area contributed by atoms with Gasteiger partial charge < -0.3 is 34.3 Å². The summed E-state index contributed by atoms with van der Waals surface area (Å²) in [6.45, 7) is 0. The van der Waals surface area contributed by atoms with Gasteiger partial charge in [-0.05, 0) is 12.1 Å². The molecule has 0 saturated carbocycles. The molecule has 3 aromatic rings. The van der Waals surface area contributed by atoms with Gasteiger partial charge in [0.2, 0.25) is 16.9 Å². The van der Waals surface area contributed by atoms with Gasteiger partial charge >= 0.3 is 0 Å². The van der Waals surface area contributed by atoms with Crippen molar-refractivity contribution in [2.45, 2.75) is 0 Å². The second kappa shape index (κ2) is 5.82. The SMILES string of the molecule is COc1c(O)cc(-c2oc3cc(O)cc(O)c3c(=O)c2OC)cc1O. The van der Waals surface area contributed by atoms with Gasteiger partial charge in [-0.1, -0.05) is 0 Å². The van der Waals surface area contributed by atoms with Crippen LogP contribution in [0.1, 0.15) is 0 Å². The molecule has 0 unspecified atom stereocenters. The molecule has 0 bridgehead atoms. The van der Waals surface area contributed by atoms with E-state index in [0.717, 1.165) is 12.1 Å². The van der Waals surface area contributed by atoms with Gasteiger partial charge in [0, 0.05) is 17.7 Å². The summed E-state index contributed by atoms with van der Waals surface area (Å²) in [7, 11) is 2.51. The molecule has 4 N–H and O–H groups in total. The number of rotatable bonds is 3. The maximum absolute atomic E-state index is 12.6. The van der Waals surface area contributed by atoms with E-state index in [1.807, 2.05) is 0 Å². The number of benzene rings is 2. The first-order valence-electron chi connectivity index (χ1n) is 7.04. The number of methoxy groups -OCH3 is 2. The molecule has 0 atom stereocenters. The Morgan fingerprint density at radius 1 is 0.840 bits per heavy atom. The van der Waals surface area contributed by atoms with E-state index >= 15 is 0 Å². The molecule has 0 aliphatic rings. The van der Waals surface area contributed by atoms with E-state index in [1.165, 1.54) is 26.4 Å². The summed E-state index contributed by atoms with van der Waals surface area (Å²) in [5, 5.41) is 39.2. The predicted octanol–water partition coefficient (Wildman–Crippen LogP) is 2.30. The minimum absolute atomic E-state index is 0.0897. The maximum atomic E-state index is 12.6. The Labute approximate surface area is 140 Å². The highest BCUT2D eigenvalue weighted by Gasteiger charge is 2.22. The summed E-state index contributed by atoms with van der Waals surface area (Å²) in [6.07, 6.45) is 0. The molecule has 3 rings (SSSR count). The van der Waals surface area contributed by atoms with Crippen molar-refractivity contribution in [3.05, 3.63) is 34.5 Å². The smallest absolute Gasteiger partial charge is 0.239 e. The Balaban J connectivity index is 2.39. The number of hydrogen-bond donors (Lipinski definition) is 4. The van der Waals surface area contributed by atoms with E-state index in [2.05, 4.69) is 0 Å². The topological polar surface area (TPSA) is 130 Å². The van der Waals surface area contributed by atoms with Crippen LogP contribution in [0.2, 0.25) is 0 Å². The number of ether oxygens (including phenoxy) is 2. The van der Waals surface area contributed by atoms with Crippen LogP contribution in [-0.4, -0.2) is 34.6 Å². The van der Waals surface area contributed by atoms with Crippen LogP contribution >= 0.6 is 0 Å². The molecule has 0 radical (unpaired) electrons. The average molecular weight is 346 g/mol.